The third kappa shape index (κ3) is 3.52. The zero-order chi connectivity index (χ0) is 24.1. The number of aromatic amines is 2. The summed E-state index contributed by atoms with van der Waals surface area (Å²) in [7, 11) is 1.67. The maximum absolute atomic E-state index is 13.1. The Hall–Kier alpha value is -4.54. The molecule has 0 saturated carbocycles. The number of nitrogens with one attached hydrogen (secondary N) is 2. The fourth-order valence-corrected chi connectivity index (χ4v) is 4.84. The quantitative estimate of drug-likeness (QED) is 0.382. The van der Waals surface area contributed by atoms with Crippen LogP contribution < -0.4 is 16.3 Å². The molecule has 0 aliphatic carbocycles. The molecule has 1 aliphatic heterocycles. The first kappa shape index (κ1) is 21.0. The van der Waals surface area contributed by atoms with Crippen LogP contribution in [0.3, 0.4) is 0 Å². The topological polar surface area (TPSA) is 135 Å². The molecule has 11 heteroatoms. The number of pyridine rings is 1. The van der Waals surface area contributed by atoms with E-state index >= 15 is 0 Å². The van der Waals surface area contributed by atoms with Crippen LogP contribution in [0.1, 0.15) is 34.9 Å². The highest BCUT2D eigenvalue weighted by Crippen LogP contribution is 2.27. The van der Waals surface area contributed by atoms with Gasteiger partial charge in [0.1, 0.15) is 17.8 Å². The molecule has 6 rings (SSSR count). The van der Waals surface area contributed by atoms with Crippen LogP contribution in [0.4, 0.5) is 5.82 Å². The van der Waals surface area contributed by atoms with Crippen molar-refractivity contribution in [1.82, 2.24) is 34.1 Å². The number of aromatic nitrogens is 7. The van der Waals surface area contributed by atoms with E-state index < -0.39 is 0 Å². The number of benzene rings is 1. The van der Waals surface area contributed by atoms with Gasteiger partial charge in [-0.2, -0.15) is 0 Å². The van der Waals surface area contributed by atoms with Crippen LogP contribution in [0, 0.1) is 0 Å². The Balaban J connectivity index is 1.22. The lowest BCUT2D eigenvalue weighted by atomic mass is 10.0. The number of piperidine rings is 1. The Labute approximate surface area is 198 Å². The molecule has 0 amide bonds. The molecule has 5 aromatic rings. The molecule has 11 nitrogen and oxygen atoms in total. The summed E-state index contributed by atoms with van der Waals surface area (Å²) in [5.41, 5.74) is 3.07. The number of hydrogen-bond acceptors (Lipinski definition) is 7. The van der Waals surface area contributed by atoms with Crippen molar-refractivity contribution in [3.8, 4) is 0 Å². The van der Waals surface area contributed by atoms with E-state index in [1.807, 2.05) is 12.1 Å². The smallest absolute Gasteiger partial charge is 0.327 e. The molecule has 2 N–H and O–H groups in total. The number of aryl methyl sites for hydroxylation is 1. The summed E-state index contributed by atoms with van der Waals surface area (Å²) >= 11 is 0. The first-order valence-corrected chi connectivity index (χ1v) is 11.4. The first-order valence-electron chi connectivity index (χ1n) is 11.4. The van der Waals surface area contributed by atoms with E-state index in [2.05, 4.69) is 29.8 Å². The van der Waals surface area contributed by atoms with Gasteiger partial charge in [0, 0.05) is 44.0 Å². The average Bonchev–Trinajstić information content (AvgIpc) is 3.38. The van der Waals surface area contributed by atoms with E-state index in [1.165, 1.54) is 10.9 Å². The molecular weight excluding hydrogens is 448 g/mol. The van der Waals surface area contributed by atoms with Crippen molar-refractivity contribution in [3.05, 3.63) is 81.1 Å². The van der Waals surface area contributed by atoms with E-state index in [-0.39, 0.29) is 28.9 Å². The summed E-state index contributed by atoms with van der Waals surface area (Å²) in [5, 5.41) is 0. The number of H-pyrrole nitrogens is 2. The van der Waals surface area contributed by atoms with Gasteiger partial charge in [0.15, 0.2) is 5.65 Å². The number of ketones is 1. The second kappa shape index (κ2) is 8.05. The van der Waals surface area contributed by atoms with Gasteiger partial charge < -0.3 is 9.88 Å². The second-order valence-corrected chi connectivity index (χ2v) is 8.70. The van der Waals surface area contributed by atoms with Gasteiger partial charge in [-0.1, -0.05) is 0 Å². The SMILES string of the molecule is Cn1c(=O)[nH]c2cc(C(=O)c3cc(N4CCC(n5c(=O)[nH]c6ncccc65)CC4)ncn3)ccc21. The van der Waals surface area contributed by atoms with Crippen molar-refractivity contribution in [1.29, 1.82) is 0 Å². The summed E-state index contributed by atoms with van der Waals surface area (Å²) in [5.74, 6) is 0.428. The number of nitrogens with zero attached hydrogens (tertiary/aromatic N) is 6. The Morgan fingerprint density at radius 1 is 0.971 bits per heavy atom. The van der Waals surface area contributed by atoms with Crippen LogP contribution >= 0.6 is 0 Å². The van der Waals surface area contributed by atoms with E-state index in [9.17, 15) is 14.4 Å². The van der Waals surface area contributed by atoms with Crippen molar-refractivity contribution in [2.45, 2.75) is 18.9 Å². The van der Waals surface area contributed by atoms with E-state index in [0.717, 1.165) is 23.9 Å². The van der Waals surface area contributed by atoms with Crippen molar-refractivity contribution >= 4 is 33.8 Å². The fourth-order valence-electron chi connectivity index (χ4n) is 4.84. The average molecular weight is 470 g/mol. The predicted molar refractivity (Wildman–Crippen MR) is 130 cm³/mol. The molecule has 0 atom stereocenters. The lowest BCUT2D eigenvalue weighted by Crippen LogP contribution is -2.37. The Kier molecular flexibility index (Phi) is 4.83. The fraction of sp³-hybridized carbons (Fsp3) is 0.250. The molecule has 0 radical (unpaired) electrons. The minimum absolute atomic E-state index is 0.0550. The molecule has 1 aliphatic rings. The summed E-state index contributed by atoms with van der Waals surface area (Å²) in [6, 6.07) is 10.6. The number of carbonyl (C=O) groups excluding carboxylic acids is 1. The van der Waals surface area contributed by atoms with Gasteiger partial charge in [-0.15, -0.1) is 0 Å². The maximum atomic E-state index is 13.1. The molecule has 35 heavy (non-hydrogen) atoms. The number of anilines is 1. The highest BCUT2D eigenvalue weighted by molar-refractivity contribution is 6.09. The minimum atomic E-state index is -0.243. The summed E-state index contributed by atoms with van der Waals surface area (Å²) in [4.78, 5) is 58.0. The maximum Gasteiger partial charge on any atom is 0.327 e. The molecule has 1 fully saturated rings. The number of imidazole rings is 2. The molecule has 1 aromatic carbocycles. The van der Waals surface area contributed by atoms with Crippen molar-refractivity contribution in [2.24, 2.45) is 7.05 Å². The molecule has 4 aromatic heterocycles. The third-order valence-electron chi connectivity index (χ3n) is 6.70. The number of fused-ring (bicyclic) bond motifs is 2. The molecule has 176 valence electrons. The molecule has 0 unspecified atom stereocenters. The van der Waals surface area contributed by atoms with Gasteiger partial charge in [-0.25, -0.2) is 24.5 Å². The zero-order valence-corrected chi connectivity index (χ0v) is 18.9. The summed E-state index contributed by atoms with van der Waals surface area (Å²) in [6.45, 7) is 1.37. The first-order chi connectivity index (χ1) is 17.0. The van der Waals surface area contributed by atoms with Crippen LogP contribution in [0.15, 0.2) is 58.5 Å². The van der Waals surface area contributed by atoms with Gasteiger partial charge in [0.25, 0.3) is 0 Å². The zero-order valence-electron chi connectivity index (χ0n) is 18.9. The van der Waals surface area contributed by atoms with E-state index in [4.69, 9.17) is 0 Å². The van der Waals surface area contributed by atoms with Gasteiger partial charge >= 0.3 is 11.4 Å². The van der Waals surface area contributed by atoms with Crippen molar-refractivity contribution < 1.29 is 4.79 Å². The molecular formula is C24H22N8O3. The van der Waals surface area contributed by atoms with Crippen LogP contribution in [-0.2, 0) is 7.05 Å². The molecule has 1 saturated heterocycles. The largest absolute Gasteiger partial charge is 0.356 e. The number of rotatable bonds is 4. The molecule has 0 bridgehead atoms. The Morgan fingerprint density at radius 3 is 2.63 bits per heavy atom. The number of carbonyl (C=O) groups is 1. The highest BCUT2D eigenvalue weighted by atomic mass is 16.2. The van der Waals surface area contributed by atoms with E-state index in [0.29, 0.717) is 35.6 Å². The van der Waals surface area contributed by atoms with Crippen LogP contribution in [-0.4, -0.2) is 52.9 Å². The second-order valence-electron chi connectivity index (χ2n) is 8.70. The van der Waals surface area contributed by atoms with Gasteiger partial charge in [-0.3, -0.25) is 18.9 Å². The monoisotopic (exact) mass is 470 g/mol. The van der Waals surface area contributed by atoms with Crippen LogP contribution in [0.5, 0.6) is 0 Å². The van der Waals surface area contributed by atoms with Gasteiger partial charge in [-0.05, 0) is 43.2 Å². The summed E-state index contributed by atoms with van der Waals surface area (Å²) < 4.78 is 3.29. The van der Waals surface area contributed by atoms with Gasteiger partial charge in [0.05, 0.1) is 16.6 Å². The third-order valence-corrected chi connectivity index (χ3v) is 6.70. The Bertz CT molecular complexity index is 1700. The lowest BCUT2D eigenvalue weighted by Gasteiger charge is -2.33. The highest BCUT2D eigenvalue weighted by Gasteiger charge is 2.25. The molecule has 5 heterocycles. The number of hydrogen-bond donors (Lipinski definition) is 2. The van der Waals surface area contributed by atoms with Gasteiger partial charge in [0.2, 0.25) is 5.78 Å². The lowest BCUT2D eigenvalue weighted by molar-refractivity contribution is 0.103. The van der Waals surface area contributed by atoms with Crippen molar-refractivity contribution in [3.63, 3.8) is 0 Å². The standard InChI is InChI=1S/C24H22N8O3/c1-30-18-5-4-14(11-16(18)28-23(30)34)21(33)17-12-20(27-13-26-17)31-9-6-15(7-10-31)32-19-3-2-8-25-22(19)29-24(32)35/h2-5,8,11-13,15H,6-7,9-10H2,1H3,(H,28,34)(H,25,29,35). The molecule has 0 spiro atoms. The van der Waals surface area contributed by atoms with E-state index in [1.54, 1.807) is 42.1 Å². The minimum Gasteiger partial charge on any atom is -0.356 e. The van der Waals surface area contributed by atoms with Crippen LogP contribution in [0.2, 0.25) is 0 Å². The summed E-state index contributed by atoms with van der Waals surface area (Å²) in [6.07, 6.45) is 4.57. The predicted octanol–water partition coefficient (Wildman–Crippen LogP) is 1.77. The Morgan fingerprint density at radius 2 is 1.80 bits per heavy atom. The normalized spacial score (nSPS) is 14.7. The van der Waals surface area contributed by atoms with Crippen LogP contribution in [0.25, 0.3) is 22.2 Å². The van der Waals surface area contributed by atoms with Crippen molar-refractivity contribution in [2.75, 3.05) is 18.0 Å².